The van der Waals surface area contributed by atoms with Gasteiger partial charge in [0.2, 0.25) is 5.91 Å². The Morgan fingerprint density at radius 2 is 1.90 bits per heavy atom. The number of benzene rings is 2. The summed E-state index contributed by atoms with van der Waals surface area (Å²) in [6.45, 7) is 1.61. The third-order valence-corrected chi connectivity index (χ3v) is 3.47. The van der Waals surface area contributed by atoms with Gasteiger partial charge in [0.15, 0.2) is 0 Å². The highest BCUT2D eigenvalue weighted by Crippen LogP contribution is 2.30. The van der Waals surface area contributed by atoms with E-state index in [2.05, 4.69) is 5.32 Å². The van der Waals surface area contributed by atoms with Gasteiger partial charge in [0.25, 0.3) is 5.91 Å². The summed E-state index contributed by atoms with van der Waals surface area (Å²) in [7, 11) is 0. The molecule has 2 aromatic carbocycles. The van der Waals surface area contributed by atoms with Crippen LogP contribution in [-0.4, -0.2) is 28.4 Å². The molecule has 2 N–H and O–H groups in total. The summed E-state index contributed by atoms with van der Waals surface area (Å²) in [6, 6.07) is 10.8. The molecule has 21 heavy (non-hydrogen) atoms. The molecule has 5 heteroatoms. The first-order valence-electron chi connectivity index (χ1n) is 6.56. The lowest BCUT2D eigenvalue weighted by atomic mass is 10.1. The number of carbonyl (C=O) groups excluding carboxylic acids is 2. The van der Waals surface area contributed by atoms with Crippen LogP contribution in [0.4, 0.5) is 5.69 Å². The summed E-state index contributed by atoms with van der Waals surface area (Å²) < 4.78 is 0. The zero-order valence-corrected chi connectivity index (χ0v) is 11.5. The average molecular weight is 282 g/mol. The SMILES string of the molecule is CC(=O)N1CC(Nc2cccc3c(O)cccc23)=CC1=O. The maximum absolute atomic E-state index is 11.7. The number of hydrogen-bond acceptors (Lipinski definition) is 4. The molecule has 0 radical (unpaired) electrons. The van der Waals surface area contributed by atoms with Gasteiger partial charge < -0.3 is 10.4 Å². The fourth-order valence-electron chi connectivity index (χ4n) is 2.44. The van der Waals surface area contributed by atoms with Crippen molar-refractivity contribution in [3.63, 3.8) is 0 Å². The quantitative estimate of drug-likeness (QED) is 0.886. The van der Waals surface area contributed by atoms with Crippen molar-refractivity contribution in [3.05, 3.63) is 48.2 Å². The van der Waals surface area contributed by atoms with Crippen molar-refractivity contribution in [1.29, 1.82) is 0 Å². The van der Waals surface area contributed by atoms with Gasteiger partial charge >= 0.3 is 0 Å². The number of rotatable bonds is 2. The maximum atomic E-state index is 11.7. The first-order valence-corrected chi connectivity index (χ1v) is 6.56. The van der Waals surface area contributed by atoms with Gasteiger partial charge in [-0.15, -0.1) is 0 Å². The van der Waals surface area contributed by atoms with Gasteiger partial charge in [0.1, 0.15) is 5.75 Å². The monoisotopic (exact) mass is 282 g/mol. The predicted octanol–water partition coefficient (Wildman–Crippen LogP) is 2.23. The molecule has 0 spiro atoms. The standard InChI is InChI=1S/C16H14N2O3/c1-10(19)18-9-11(8-16(18)21)17-14-6-2-5-13-12(14)4-3-7-15(13)20/h2-8,17,20H,9H2,1H3. The van der Waals surface area contributed by atoms with E-state index < -0.39 is 0 Å². The molecule has 0 atom stereocenters. The maximum Gasteiger partial charge on any atom is 0.255 e. The van der Waals surface area contributed by atoms with Crippen molar-refractivity contribution in [3.8, 4) is 5.75 Å². The predicted molar refractivity (Wildman–Crippen MR) is 79.7 cm³/mol. The molecule has 2 amide bonds. The molecule has 0 aromatic heterocycles. The lowest BCUT2D eigenvalue weighted by Gasteiger charge is -2.14. The lowest BCUT2D eigenvalue weighted by Crippen LogP contribution is -2.31. The van der Waals surface area contributed by atoms with Crippen LogP contribution in [0.2, 0.25) is 0 Å². The van der Waals surface area contributed by atoms with Crippen LogP contribution in [0, 0.1) is 0 Å². The summed E-state index contributed by atoms with van der Waals surface area (Å²) >= 11 is 0. The molecule has 0 bridgehead atoms. The van der Waals surface area contributed by atoms with Crippen molar-refractivity contribution in [2.75, 3.05) is 11.9 Å². The first kappa shape index (κ1) is 13.2. The van der Waals surface area contributed by atoms with Crippen LogP contribution in [0.25, 0.3) is 10.8 Å². The molecule has 2 aromatic rings. The Hall–Kier alpha value is -2.82. The van der Waals surface area contributed by atoms with Gasteiger partial charge in [-0.3, -0.25) is 14.5 Å². The third kappa shape index (κ3) is 2.33. The van der Waals surface area contributed by atoms with E-state index in [1.54, 1.807) is 12.1 Å². The van der Waals surface area contributed by atoms with E-state index >= 15 is 0 Å². The number of nitrogens with one attached hydrogen (secondary N) is 1. The molecule has 0 saturated heterocycles. The molecule has 1 aliphatic heterocycles. The number of anilines is 1. The van der Waals surface area contributed by atoms with Crippen molar-refractivity contribution < 1.29 is 14.7 Å². The fourth-order valence-corrected chi connectivity index (χ4v) is 2.44. The van der Waals surface area contributed by atoms with Gasteiger partial charge in [-0.05, 0) is 12.1 Å². The number of amides is 2. The first-order chi connectivity index (χ1) is 10.1. The van der Waals surface area contributed by atoms with Crippen LogP contribution in [0.5, 0.6) is 5.75 Å². The van der Waals surface area contributed by atoms with Crippen LogP contribution in [0.3, 0.4) is 0 Å². The average Bonchev–Trinajstić information content (AvgIpc) is 2.81. The number of phenols is 1. The molecule has 1 heterocycles. The number of imide groups is 1. The molecule has 5 nitrogen and oxygen atoms in total. The molecule has 0 fully saturated rings. The van der Waals surface area contributed by atoms with Gasteiger partial charge in [-0.2, -0.15) is 0 Å². The molecule has 0 aliphatic carbocycles. The van der Waals surface area contributed by atoms with Crippen LogP contribution < -0.4 is 5.32 Å². The Morgan fingerprint density at radius 3 is 2.62 bits per heavy atom. The molecule has 1 aliphatic rings. The van der Waals surface area contributed by atoms with Crippen molar-refractivity contribution in [2.24, 2.45) is 0 Å². The van der Waals surface area contributed by atoms with Crippen LogP contribution in [0.15, 0.2) is 48.2 Å². The van der Waals surface area contributed by atoms with E-state index in [1.807, 2.05) is 24.3 Å². The second kappa shape index (κ2) is 4.94. The van der Waals surface area contributed by atoms with E-state index in [0.717, 1.165) is 16.5 Å². The molecule has 0 saturated carbocycles. The Bertz CT molecular complexity index is 780. The topological polar surface area (TPSA) is 69.6 Å². The van der Waals surface area contributed by atoms with Gasteiger partial charge in [0, 0.05) is 35.2 Å². The molecule has 0 unspecified atom stereocenters. The molecular formula is C16H14N2O3. The van der Waals surface area contributed by atoms with E-state index in [4.69, 9.17) is 0 Å². The highest BCUT2D eigenvalue weighted by atomic mass is 16.3. The van der Waals surface area contributed by atoms with Crippen molar-refractivity contribution in [1.82, 2.24) is 4.90 Å². The Morgan fingerprint density at radius 1 is 1.19 bits per heavy atom. The summed E-state index contributed by atoms with van der Waals surface area (Å²) in [5.41, 5.74) is 1.44. The normalized spacial score (nSPS) is 14.4. The zero-order valence-electron chi connectivity index (χ0n) is 11.5. The number of hydrogen-bond donors (Lipinski definition) is 2. The number of nitrogens with zero attached hydrogens (tertiary/aromatic N) is 1. The number of phenolic OH excluding ortho intramolecular Hbond substituents is 1. The summed E-state index contributed by atoms with van der Waals surface area (Å²) in [5, 5.41) is 14.6. The van der Waals surface area contributed by atoms with E-state index in [-0.39, 0.29) is 24.1 Å². The molecule has 106 valence electrons. The van der Waals surface area contributed by atoms with Crippen molar-refractivity contribution >= 4 is 28.3 Å². The van der Waals surface area contributed by atoms with E-state index in [0.29, 0.717) is 5.70 Å². The summed E-state index contributed by atoms with van der Waals surface area (Å²) in [6.07, 6.45) is 1.42. The summed E-state index contributed by atoms with van der Waals surface area (Å²) in [5.74, 6) is -0.380. The number of aromatic hydroxyl groups is 1. The minimum atomic E-state index is -0.312. The highest BCUT2D eigenvalue weighted by molar-refractivity contribution is 6.04. The third-order valence-electron chi connectivity index (χ3n) is 3.47. The molecular weight excluding hydrogens is 268 g/mol. The fraction of sp³-hybridized carbons (Fsp3) is 0.125. The largest absolute Gasteiger partial charge is 0.507 e. The number of fused-ring (bicyclic) bond motifs is 1. The molecule has 3 rings (SSSR count). The van der Waals surface area contributed by atoms with Gasteiger partial charge in [-0.25, -0.2) is 0 Å². The van der Waals surface area contributed by atoms with E-state index in [9.17, 15) is 14.7 Å². The second-order valence-corrected chi connectivity index (χ2v) is 4.92. The van der Waals surface area contributed by atoms with Crippen LogP contribution in [-0.2, 0) is 9.59 Å². The lowest BCUT2D eigenvalue weighted by molar-refractivity contribution is -0.138. The van der Waals surface area contributed by atoms with Crippen LogP contribution in [0.1, 0.15) is 6.92 Å². The number of carbonyl (C=O) groups is 2. The Balaban J connectivity index is 1.93. The van der Waals surface area contributed by atoms with E-state index in [1.165, 1.54) is 17.9 Å². The Kier molecular flexibility index (Phi) is 3.10. The zero-order chi connectivity index (χ0) is 15.0. The second-order valence-electron chi connectivity index (χ2n) is 4.92. The van der Waals surface area contributed by atoms with Gasteiger partial charge in [-0.1, -0.05) is 24.3 Å². The Labute approximate surface area is 121 Å². The van der Waals surface area contributed by atoms with Gasteiger partial charge in [0.05, 0.1) is 6.54 Å². The van der Waals surface area contributed by atoms with Crippen molar-refractivity contribution in [2.45, 2.75) is 6.92 Å². The highest BCUT2D eigenvalue weighted by Gasteiger charge is 2.24. The smallest absolute Gasteiger partial charge is 0.255 e. The minimum absolute atomic E-state index is 0.206. The van der Waals surface area contributed by atoms with Crippen LogP contribution >= 0.6 is 0 Å². The summed E-state index contributed by atoms with van der Waals surface area (Å²) in [4.78, 5) is 24.2. The minimum Gasteiger partial charge on any atom is -0.507 e.